The quantitative estimate of drug-likeness (QED) is 0.617. The number of carbonyl (C=O) groups excluding carboxylic acids is 1. The molecule has 0 unspecified atom stereocenters. The summed E-state index contributed by atoms with van der Waals surface area (Å²) < 4.78 is 0. The van der Waals surface area contributed by atoms with E-state index in [9.17, 15) is 4.79 Å². The van der Waals surface area contributed by atoms with Crippen LogP contribution in [0, 0.1) is 5.92 Å². The van der Waals surface area contributed by atoms with Crippen molar-refractivity contribution in [2.24, 2.45) is 5.92 Å². The van der Waals surface area contributed by atoms with E-state index in [2.05, 4.69) is 31.8 Å². The largest absolute Gasteiger partial charge is 0.350 e. The second-order valence-corrected chi connectivity index (χ2v) is 4.02. The van der Waals surface area contributed by atoms with Crippen molar-refractivity contribution in [1.29, 1.82) is 0 Å². The first-order valence-electron chi connectivity index (χ1n) is 3.98. The second kappa shape index (κ2) is 3.05. The Labute approximate surface area is 73.2 Å². The van der Waals surface area contributed by atoms with E-state index in [0.29, 0.717) is 5.92 Å². The SMILES string of the molecule is CC(C)(NC(=O)CS)C1CC1. The molecule has 1 N–H and O–H groups in total. The molecule has 0 bridgehead atoms. The van der Waals surface area contributed by atoms with Gasteiger partial charge in [-0.1, -0.05) is 0 Å². The van der Waals surface area contributed by atoms with E-state index in [-0.39, 0.29) is 17.2 Å². The number of thiol groups is 1. The molecule has 2 nitrogen and oxygen atoms in total. The van der Waals surface area contributed by atoms with Gasteiger partial charge >= 0.3 is 0 Å². The molecule has 1 amide bonds. The van der Waals surface area contributed by atoms with Crippen molar-refractivity contribution in [3.05, 3.63) is 0 Å². The Morgan fingerprint density at radius 3 is 2.55 bits per heavy atom. The van der Waals surface area contributed by atoms with E-state index in [4.69, 9.17) is 0 Å². The maximum atomic E-state index is 11.0. The smallest absolute Gasteiger partial charge is 0.230 e. The molecular formula is C8H15NOS. The lowest BCUT2D eigenvalue weighted by atomic mass is 9.99. The third kappa shape index (κ3) is 2.40. The molecule has 0 atom stereocenters. The van der Waals surface area contributed by atoms with E-state index >= 15 is 0 Å². The summed E-state index contributed by atoms with van der Waals surface area (Å²) in [7, 11) is 0. The summed E-state index contributed by atoms with van der Waals surface area (Å²) >= 11 is 3.90. The van der Waals surface area contributed by atoms with E-state index in [1.807, 2.05) is 0 Å². The lowest BCUT2D eigenvalue weighted by Gasteiger charge is -2.25. The number of nitrogens with one attached hydrogen (secondary N) is 1. The second-order valence-electron chi connectivity index (χ2n) is 3.70. The van der Waals surface area contributed by atoms with Gasteiger partial charge in [-0.3, -0.25) is 4.79 Å². The van der Waals surface area contributed by atoms with Gasteiger partial charge in [-0.25, -0.2) is 0 Å². The first-order chi connectivity index (χ1) is 5.06. The van der Waals surface area contributed by atoms with E-state index in [1.54, 1.807) is 0 Å². The van der Waals surface area contributed by atoms with Crippen LogP contribution < -0.4 is 5.32 Å². The summed E-state index contributed by atoms with van der Waals surface area (Å²) in [5, 5.41) is 2.95. The number of carbonyl (C=O) groups is 1. The van der Waals surface area contributed by atoms with Crippen LogP contribution in [0.5, 0.6) is 0 Å². The van der Waals surface area contributed by atoms with Gasteiger partial charge in [-0.05, 0) is 32.6 Å². The minimum atomic E-state index is -0.0141. The molecule has 1 saturated carbocycles. The van der Waals surface area contributed by atoms with Crippen LogP contribution in [0.1, 0.15) is 26.7 Å². The fourth-order valence-corrected chi connectivity index (χ4v) is 1.39. The van der Waals surface area contributed by atoms with Gasteiger partial charge in [-0.2, -0.15) is 12.6 Å². The zero-order chi connectivity index (χ0) is 8.48. The zero-order valence-electron chi connectivity index (χ0n) is 7.05. The molecule has 1 fully saturated rings. The topological polar surface area (TPSA) is 29.1 Å². The summed E-state index contributed by atoms with van der Waals surface area (Å²) in [6.45, 7) is 4.15. The predicted octanol–water partition coefficient (Wildman–Crippen LogP) is 1.22. The lowest BCUT2D eigenvalue weighted by Crippen LogP contribution is -2.45. The summed E-state index contributed by atoms with van der Waals surface area (Å²) in [5.74, 6) is 1.01. The van der Waals surface area contributed by atoms with Crippen LogP contribution in [0.3, 0.4) is 0 Å². The highest BCUT2D eigenvalue weighted by Crippen LogP contribution is 2.39. The maximum Gasteiger partial charge on any atom is 0.230 e. The molecule has 3 heteroatoms. The summed E-state index contributed by atoms with van der Waals surface area (Å²) in [4.78, 5) is 11.0. The van der Waals surface area contributed by atoms with E-state index in [1.165, 1.54) is 12.8 Å². The van der Waals surface area contributed by atoms with Gasteiger partial charge in [0.25, 0.3) is 0 Å². The molecular weight excluding hydrogens is 158 g/mol. The molecule has 0 heterocycles. The van der Waals surface area contributed by atoms with Crippen molar-refractivity contribution in [3.63, 3.8) is 0 Å². The first kappa shape index (κ1) is 8.91. The van der Waals surface area contributed by atoms with Gasteiger partial charge < -0.3 is 5.32 Å². The average Bonchev–Trinajstić information content (AvgIpc) is 2.66. The third-order valence-corrected chi connectivity index (χ3v) is 2.49. The van der Waals surface area contributed by atoms with Crippen LogP contribution >= 0.6 is 12.6 Å². The highest BCUT2D eigenvalue weighted by atomic mass is 32.1. The Bertz CT molecular complexity index is 163. The molecule has 0 aromatic carbocycles. The Balaban J connectivity index is 2.38. The van der Waals surface area contributed by atoms with Gasteiger partial charge in [0.15, 0.2) is 0 Å². The fourth-order valence-electron chi connectivity index (χ4n) is 1.31. The minimum absolute atomic E-state index is 0.0141. The van der Waals surface area contributed by atoms with Crippen LogP contribution in [0.4, 0.5) is 0 Å². The maximum absolute atomic E-state index is 11.0. The summed E-state index contributed by atoms with van der Waals surface area (Å²) in [5.41, 5.74) is -0.0141. The molecule has 1 rings (SSSR count). The van der Waals surface area contributed by atoms with Crippen molar-refractivity contribution in [1.82, 2.24) is 5.32 Å². The molecule has 0 saturated heterocycles. The van der Waals surface area contributed by atoms with E-state index < -0.39 is 0 Å². The van der Waals surface area contributed by atoms with Gasteiger partial charge in [0.2, 0.25) is 5.91 Å². The Morgan fingerprint density at radius 2 is 2.18 bits per heavy atom. The van der Waals surface area contributed by atoms with E-state index in [0.717, 1.165) is 0 Å². The molecule has 0 aliphatic heterocycles. The Morgan fingerprint density at radius 1 is 1.64 bits per heavy atom. The molecule has 0 radical (unpaired) electrons. The lowest BCUT2D eigenvalue weighted by molar-refractivity contribution is -0.120. The first-order valence-corrected chi connectivity index (χ1v) is 4.61. The van der Waals surface area contributed by atoms with Crippen molar-refractivity contribution in [2.45, 2.75) is 32.2 Å². The van der Waals surface area contributed by atoms with Crippen LogP contribution in [0.15, 0.2) is 0 Å². The van der Waals surface area contributed by atoms with Crippen molar-refractivity contribution in [3.8, 4) is 0 Å². The van der Waals surface area contributed by atoms with Crippen molar-refractivity contribution in [2.75, 3.05) is 5.75 Å². The van der Waals surface area contributed by atoms with Gasteiger partial charge in [0, 0.05) is 5.54 Å². The van der Waals surface area contributed by atoms with Crippen LogP contribution in [-0.4, -0.2) is 17.2 Å². The number of amides is 1. The monoisotopic (exact) mass is 173 g/mol. The van der Waals surface area contributed by atoms with Gasteiger partial charge in [0.1, 0.15) is 0 Å². The Hall–Kier alpha value is -0.180. The minimum Gasteiger partial charge on any atom is -0.350 e. The van der Waals surface area contributed by atoms with Crippen molar-refractivity contribution >= 4 is 18.5 Å². The Kier molecular flexibility index (Phi) is 2.47. The number of hydrogen-bond donors (Lipinski definition) is 2. The number of rotatable bonds is 3. The molecule has 1 aliphatic rings. The number of hydrogen-bond acceptors (Lipinski definition) is 2. The predicted molar refractivity (Wildman–Crippen MR) is 48.8 cm³/mol. The molecule has 11 heavy (non-hydrogen) atoms. The molecule has 0 spiro atoms. The van der Waals surface area contributed by atoms with Crippen molar-refractivity contribution < 1.29 is 4.79 Å². The molecule has 0 aromatic rings. The third-order valence-electron chi connectivity index (χ3n) is 2.20. The fraction of sp³-hybridized carbons (Fsp3) is 0.875. The highest BCUT2D eigenvalue weighted by molar-refractivity contribution is 7.81. The normalized spacial score (nSPS) is 18.1. The highest BCUT2D eigenvalue weighted by Gasteiger charge is 2.38. The molecule has 0 aromatic heterocycles. The standard InChI is InChI=1S/C8H15NOS/c1-8(2,6-3-4-6)9-7(10)5-11/h6,11H,3-5H2,1-2H3,(H,9,10). The van der Waals surface area contributed by atoms with Crippen LogP contribution in [0.25, 0.3) is 0 Å². The molecule has 64 valence electrons. The summed E-state index contributed by atoms with van der Waals surface area (Å²) in [6, 6.07) is 0. The van der Waals surface area contributed by atoms with Crippen LogP contribution in [0.2, 0.25) is 0 Å². The summed E-state index contributed by atoms with van der Waals surface area (Å²) in [6.07, 6.45) is 2.50. The average molecular weight is 173 g/mol. The van der Waals surface area contributed by atoms with Gasteiger partial charge in [0.05, 0.1) is 5.75 Å². The molecule has 1 aliphatic carbocycles. The van der Waals surface area contributed by atoms with Crippen LogP contribution in [-0.2, 0) is 4.79 Å². The van der Waals surface area contributed by atoms with Gasteiger partial charge in [-0.15, -0.1) is 0 Å². The zero-order valence-corrected chi connectivity index (χ0v) is 7.95.